The van der Waals surface area contributed by atoms with Crippen LogP contribution in [0, 0.1) is 5.92 Å². The Labute approximate surface area is 118 Å². The van der Waals surface area contributed by atoms with Crippen molar-refractivity contribution in [3.8, 4) is 0 Å². The predicted octanol–water partition coefficient (Wildman–Crippen LogP) is 2.81. The van der Waals surface area contributed by atoms with Crippen LogP contribution in [0.25, 0.3) is 0 Å². The van der Waals surface area contributed by atoms with Gasteiger partial charge in [0.05, 0.1) is 6.61 Å². The van der Waals surface area contributed by atoms with Crippen molar-refractivity contribution < 1.29 is 4.74 Å². The van der Waals surface area contributed by atoms with Crippen LogP contribution < -0.4 is 11.1 Å². The minimum atomic E-state index is 0.383. The molecule has 2 rings (SSSR count). The van der Waals surface area contributed by atoms with Crippen LogP contribution >= 0.6 is 23.8 Å². The Bertz CT molecular complexity index is 433. The highest BCUT2D eigenvalue weighted by Crippen LogP contribution is 2.22. The fraction of sp³-hybridized carbons (Fsp3) is 0.462. The first-order valence-corrected chi connectivity index (χ1v) is 6.86. The molecule has 1 aliphatic rings. The normalized spacial score (nSPS) is 19.5. The van der Waals surface area contributed by atoms with E-state index in [0.29, 0.717) is 15.9 Å². The Morgan fingerprint density at radius 1 is 1.56 bits per heavy atom. The molecule has 0 amide bonds. The maximum Gasteiger partial charge on any atom is 0.106 e. The van der Waals surface area contributed by atoms with Crippen molar-refractivity contribution in [3.63, 3.8) is 0 Å². The second-order valence-electron chi connectivity index (χ2n) is 4.52. The number of hydrogen-bond donors (Lipinski definition) is 2. The molecule has 0 spiro atoms. The third kappa shape index (κ3) is 3.57. The van der Waals surface area contributed by atoms with Crippen LogP contribution in [0.1, 0.15) is 18.4 Å². The number of nitrogens with two attached hydrogens (primary N) is 1. The predicted molar refractivity (Wildman–Crippen MR) is 79.4 cm³/mol. The molecule has 1 aromatic carbocycles. The van der Waals surface area contributed by atoms with Crippen LogP contribution in [0.4, 0.5) is 5.69 Å². The van der Waals surface area contributed by atoms with Crippen LogP contribution in [0.3, 0.4) is 0 Å². The molecule has 0 saturated carbocycles. The summed E-state index contributed by atoms with van der Waals surface area (Å²) in [7, 11) is 0. The maximum absolute atomic E-state index is 5.99. The number of halogens is 1. The molecule has 98 valence electrons. The van der Waals surface area contributed by atoms with Crippen molar-refractivity contribution in [1.82, 2.24) is 0 Å². The lowest BCUT2D eigenvalue weighted by Gasteiger charge is -2.23. The number of benzene rings is 1. The van der Waals surface area contributed by atoms with E-state index < -0.39 is 0 Å². The monoisotopic (exact) mass is 284 g/mol. The molecule has 1 atom stereocenters. The van der Waals surface area contributed by atoms with Gasteiger partial charge in [-0.1, -0.05) is 23.8 Å². The fourth-order valence-corrected chi connectivity index (χ4v) is 2.45. The Hall–Kier alpha value is -0.840. The second kappa shape index (κ2) is 6.36. The largest absolute Gasteiger partial charge is 0.389 e. The van der Waals surface area contributed by atoms with Crippen LogP contribution in [-0.2, 0) is 4.74 Å². The summed E-state index contributed by atoms with van der Waals surface area (Å²) in [4.78, 5) is 0.383. The lowest BCUT2D eigenvalue weighted by atomic mass is 10.0. The Kier molecular flexibility index (Phi) is 4.80. The second-order valence-corrected chi connectivity index (χ2v) is 5.39. The zero-order valence-electron chi connectivity index (χ0n) is 10.1. The molecule has 1 saturated heterocycles. The van der Waals surface area contributed by atoms with Gasteiger partial charge in [-0.15, -0.1) is 0 Å². The number of hydrogen-bond acceptors (Lipinski definition) is 3. The molecule has 1 fully saturated rings. The average molecular weight is 285 g/mol. The van der Waals surface area contributed by atoms with E-state index in [9.17, 15) is 0 Å². The molecule has 3 nitrogen and oxygen atoms in total. The van der Waals surface area contributed by atoms with Crippen molar-refractivity contribution in [2.24, 2.45) is 11.7 Å². The molecule has 1 aromatic rings. The molecule has 0 aromatic heterocycles. The summed E-state index contributed by atoms with van der Waals surface area (Å²) >= 11 is 11.0. The minimum Gasteiger partial charge on any atom is -0.389 e. The zero-order chi connectivity index (χ0) is 13.0. The van der Waals surface area contributed by atoms with E-state index in [1.165, 1.54) is 6.42 Å². The fourth-order valence-electron chi connectivity index (χ4n) is 2.10. The zero-order valence-corrected chi connectivity index (χ0v) is 11.7. The van der Waals surface area contributed by atoms with Gasteiger partial charge in [0.1, 0.15) is 4.99 Å². The van der Waals surface area contributed by atoms with Gasteiger partial charge in [-0.2, -0.15) is 0 Å². The van der Waals surface area contributed by atoms with Gasteiger partial charge in [-0.3, -0.25) is 0 Å². The summed E-state index contributed by atoms with van der Waals surface area (Å²) in [6.07, 6.45) is 2.32. The molecular formula is C13H17ClN2OS. The van der Waals surface area contributed by atoms with E-state index in [0.717, 1.165) is 37.4 Å². The minimum absolute atomic E-state index is 0.383. The Morgan fingerprint density at radius 2 is 2.39 bits per heavy atom. The van der Waals surface area contributed by atoms with Crippen molar-refractivity contribution in [2.45, 2.75) is 12.8 Å². The first-order chi connectivity index (χ1) is 8.66. The number of thiocarbonyl (C=S) groups is 1. The highest BCUT2D eigenvalue weighted by Gasteiger charge is 2.14. The highest BCUT2D eigenvalue weighted by molar-refractivity contribution is 7.80. The van der Waals surface area contributed by atoms with Gasteiger partial charge >= 0.3 is 0 Å². The van der Waals surface area contributed by atoms with Gasteiger partial charge in [0.25, 0.3) is 0 Å². The van der Waals surface area contributed by atoms with Gasteiger partial charge in [0.2, 0.25) is 0 Å². The van der Waals surface area contributed by atoms with Crippen molar-refractivity contribution in [2.75, 3.05) is 25.1 Å². The Balaban J connectivity index is 2.03. The number of anilines is 1. The standard InChI is InChI=1S/C13H17ClN2OS/c14-10-3-4-11(13(15)18)12(6-10)16-7-9-2-1-5-17-8-9/h3-4,6,9,16H,1-2,5,7-8H2,(H2,15,18). The average Bonchev–Trinajstić information content (AvgIpc) is 2.37. The van der Waals surface area contributed by atoms with Crippen LogP contribution in [0.2, 0.25) is 5.02 Å². The molecular weight excluding hydrogens is 268 g/mol. The summed E-state index contributed by atoms with van der Waals surface area (Å²) in [5, 5.41) is 4.05. The molecule has 0 radical (unpaired) electrons. The summed E-state index contributed by atoms with van der Waals surface area (Å²) in [6.45, 7) is 2.55. The van der Waals surface area contributed by atoms with Crippen molar-refractivity contribution in [3.05, 3.63) is 28.8 Å². The lowest BCUT2D eigenvalue weighted by Crippen LogP contribution is -2.25. The van der Waals surface area contributed by atoms with E-state index in [-0.39, 0.29) is 0 Å². The number of ether oxygens (including phenoxy) is 1. The van der Waals surface area contributed by atoms with Gasteiger partial charge in [0, 0.05) is 29.4 Å². The van der Waals surface area contributed by atoms with E-state index in [4.69, 9.17) is 34.3 Å². The summed E-state index contributed by atoms with van der Waals surface area (Å²) in [6, 6.07) is 5.51. The summed E-state index contributed by atoms with van der Waals surface area (Å²) in [5.41, 5.74) is 7.44. The molecule has 5 heteroatoms. The van der Waals surface area contributed by atoms with Gasteiger partial charge in [-0.05, 0) is 37.0 Å². The molecule has 18 heavy (non-hydrogen) atoms. The van der Waals surface area contributed by atoms with E-state index in [1.807, 2.05) is 12.1 Å². The Morgan fingerprint density at radius 3 is 3.06 bits per heavy atom. The first kappa shape index (κ1) is 13.6. The molecule has 1 unspecified atom stereocenters. The summed E-state index contributed by atoms with van der Waals surface area (Å²) < 4.78 is 5.46. The van der Waals surface area contributed by atoms with Crippen LogP contribution in [0.5, 0.6) is 0 Å². The van der Waals surface area contributed by atoms with Crippen LogP contribution in [0.15, 0.2) is 18.2 Å². The van der Waals surface area contributed by atoms with Crippen LogP contribution in [-0.4, -0.2) is 24.7 Å². The van der Waals surface area contributed by atoms with Gasteiger partial charge < -0.3 is 15.8 Å². The van der Waals surface area contributed by atoms with Crippen molar-refractivity contribution in [1.29, 1.82) is 0 Å². The lowest BCUT2D eigenvalue weighted by molar-refractivity contribution is 0.0595. The maximum atomic E-state index is 5.99. The smallest absolute Gasteiger partial charge is 0.106 e. The molecule has 0 aliphatic carbocycles. The molecule has 1 aliphatic heterocycles. The van der Waals surface area contributed by atoms with Gasteiger partial charge in [0.15, 0.2) is 0 Å². The highest BCUT2D eigenvalue weighted by atomic mass is 35.5. The third-order valence-electron chi connectivity index (χ3n) is 3.08. The first-order valence-electron chi connectivity index (χ1n) is 6.08. The van der Waals surface area contributed by atoms with Crippen molar-refractivity contribution >= 4 is 34.5 Å². The third-order valence-corrected chi connectivity index (χ3v) is 3.54. The van der Waals surface area contributed by atoms with E-state index in [2.05, 4.69) is 5.32 Å². The van der Waals surface area contributed by atoms with E-state index in [1.54, 1.807) is 6.07 Å². The molecule has 0 bridgehead atoms. The number of nitrogens with one attached hydrogen (secondary N) is 1. The molecule has 3 N–H and O–H groups in total. The SMILES string of the molecule is NC(=S)c1ccc(Cl)cc1NCC1CCCOC1. The summed E-state index contributed by atoms with van der Waals surface area (Å²) in [5.74, 6) is 0.539. The topological polar surface area (TPSA) is 47.3 Å². The van der Waals surface area contributed by atoms with Gasteiger partial charge in [-0.25, -0.2) is 0 Å². The van der Waals surface area contributed by atoms with E-state index >= 15 is 0 Å². The quantitative estimate of drug-likeness (QED) is 0.835. The number of rotatable bonds is 4. The molecule has 1 heterocycles.